The summed E-state index contributed by atoms with van der Waals surface area (Å²) in [6.45, 7) is 0. The van der Waals surface area contributed by atoms with Gasteiger partial charge in [0.1, 0.15) is 0 Å². The molecule has 0 saturated carbocycles. The number of rotatable bonds is 6. The fourth-order valence-electron chi connectivity index (χ4n) is 1.30. The molecule has 0 amide bonds. The number of hydrogen-bond acceptors (Lipinski definition) is 6. The van der Waals surface area contributed by atoms with Gasteiger partial charge in [0.05, 0.1) is 0 Å². The van der Waals surface area contributed by atoms with Crippen LogP contribution in [0, 0.1) is 0 Å². The Morgan fingerprint density at radius 2 is 1.69 bits per heavy atom. The molecular formula is C6H13NO6P2S+2. The van der Waals surface area contributed by atoms with Crippen LogP contribution in [0.1, 0.15) is 12.8 Å². The van der Waals surface area contributed by atoms with Crippen LogP contribution in [0.15, 0.2) is 0 Å². The van der Waals surface area contributed by atoms with Crippen LogP contribution < -0.4 is 5.32 Å². The molecule has 1 aliphatic heterocycles. The van der Waals surface area contributed by atoms with Crippen LogP contribution >= 0.6 is 28.3 Å². The first-order valence-corrected chi connectivity index (χ1v) is 7.99. The van der Waals surface area contributed by atoms with Crippen molar-refractivity contribution in [2.45, 2.75) is 25.3 Å². The molecule has 1 fully saturated rings. The number of nitrogens with one attached hydrogen (secondary N) is 1. The van der Waals surface area contributed by atoms with E-state index in [2.05, 4.69) is 14.4 Å². The van der Waals surface area contributed by atoms with Gasteiger partial charge in [-0.05, 0) is 24.3 Å². The van der Waals surface area contributed by atoms with Gasteiger partial charge in [0.25, 0.3) is 0 Å². The molecule has 7 nitrogen and oxygen atoms in total. The minimum Gasteiger partial charge on any atom is -0.258 e. The molecule has 2 unspecified atom stereocenters. The summed E-state index contributed by atoms with van der Waals surface area (Å²) in [4.78, 5) is 17.1. The van der Waals surface area contributed by atoms with Gasteiger partial charge in [-0.25, -0.2) is 0 Å². The fourth-order valence-corrected chi connectivity index (χ4v) is 3.01. The zero-order valence-electron chi connectivity index (χ0n) is 8.31. The second-order valence-electron chi connectivity index (χ2n) is 3.07. The predicted molar refractivity (Wildman–Crippen MR) is 59.1 cm³/mol. The first kappa shape index (κ1) is 14.4. The molecule has 0 aliphatic carbocycles. The van der Waals surface area contributed by atoms with Gasteiger partial charge >= 0.3 is 22.9 Å². The van der Waals surface area contributed by atoms with E-state index >= 15 is 0 Å². The number of hydrogen-bond donors (Lipinski definition) is 3. The van der Waals surface area contributed by atoms with Gasteiger partial charge in [-0.1, -0.05) is 9.05 Å². The van der Waals surface area contributed by atoms with Crippen LogP contribution in [0.5, 0.6) is 0 Å². The van der Waals surface area contributed by atoms with Gasteiger partial charge < -0.3 is 0 Å². The van der Waals surface area contributed by atoms with Crippen LogP contribution in [0.4, 0.5) is 0 Å². The Morgan fingerprint density at radius 1 is 1.19 bits per heavy atom. The van der Waals surface area contributed by atoms with E-state index in [0.717, 1.165) is 24.3 Å². The van der Waals surface area contributed by atoms with Gasteiger partial charge in [-0.3, -0.25) is 5.32 Å². The first-order valence-electron chi connectivity index (χ1n) is 4.57. The van der Waals surface area contributed by atoms with Crippen LogP contribution in [0.25, 0.3) is 0 Å². The van der Waals surface area contributed by atoms with Crippen molar-refractivity contribution in [1.82, 2.24) is 5.32 Å². The minimum atomic E-state index is -2.88. The molecule has 16 heavy (non-hydrogen) atoms. The SMILES string of the molecule is O=[P+](O)OC(NC1CCSCC1)O[P+](=O)O. The summed E-state index contributed by atoms with van der Waals surface area (Å²) in [5.74, 6) is 1.95. The monoisotopic (exact) mass is 289 g/mol. The quantitative estimate of drug-likeness (QED) is 0.493. The second-order valence-corrected chi connectivity index (χ2v) is 5.67. The largest absolute Gasteiger partial charge is 0.699 e. The molecule has 0 radical (unpaired) electrons. The Kier molecular flexibility index (Phi) is 6.87. The summed E-state index contributed by atoms with van der Waals surface area (Å²) >= 11 is 1.82. The summed E-state index contributed by atoms with van der Waals surface area (Å²) in [5, 5.41) is 2.77. The number of thioether (sulfide) groups is 1. The van der Waals surface area contributed by atoms with Crippen molar-refractivity contribution in [3.05, 3.63) is 0 Å². The maximum Gasteiger partial charge on any atom is 0.699 e. The summed E-state index contributed by atoms with van der Waals surface area (Å²) in [6, 6.07) is 0.0659. The molecule has 0 aromatic rings. The fraction of sp³-hybridized carbons (Fsp3) is 1.00. The van der Waals surface area contributed by atoms with E-state index in [9.17, 15) is 9.13 Å². The van der Waals surface area contributed by atoms with E-state index < -0.39 is 22.9 Å². The molecule has 1 saturated heterocycles. The molecular weight excluding hydrogens is 276 g/mol. The molecule has 0 aromatic heterocycles. The predicted octanol–water partition coefficient (Wildman–Crippen LogP) is 1.09. The maximum absolute atomic E-state index is 10.5. The highest BCUT2D eigenvalue weighted by molar-refractivity contribution is 7.99. The van der Waals surface area contributed by atoms with E-state index in [-0.39, 0.29) is 6.04 Å². The molecule has 1 rings (SSSR count). The zero-order valence-corrected chi connectivity index (χ0v) is 10.9. The third kappa shape index (κ3) is 6.18. The van der Waals surface area contributed by atoms with Crippen LogP contribution in [-0.2, 0) is 18.2 Å². The van der Waals surface area contributed by atoms with Crippen molar-refractivity contribution in [2.24, 2.45) is 0 Å². The third-order valence-corrected chi connectivity index (χ3v) is 3.76. The lowest BCUT2D eigenvalue weighted by atomic mass is 10.2. The van der Waals surface area contributed by atoms with Crippen molar-refractivity contribution in [3.63, 3.8) is 0 Å². The second kappa shape index (κ2) is 7.63. The van der Waals surface area contributed by atoms with Crippen LogP contribution in [-0.4, -0.2) is 33.7 Å². The van der Waals surface area contributed by atoms with E-state index in [1.807, 2.05) is 11.8 Å². The normalized spacial score (nSPS) is 21.6. The highest BCUT2D eigenvalue weighted by Crippen LogP contribution is 2.26. The average Bonchev–Trinajstić information content (AvgIpc) is 2.16. The lowest BCUT2D eigenvalue weighted by Gasteiger charge is -2.22. The van der Waals surface area contributed by atoms with Crippen molar-refractivity contribution in [2.75, 3.05) is 11.5 Å². The molecule has 0 bridgehead atoms. The van der Waals surface area contributed by atoms with Crippen molar-refractivity contribution in [1.29, 1.82) is 0 Å². The Bertz CT molecular complexity index is 245. The average molecular weight is 289 g/mol. The maximum atomic E-state index is 10.5. The Morgan fingerprint density at radius 3 is 2.12 bits per heavy atom. The smallest absolute Gasteiger partial charge is 0.258 e. The van der Waals surface area contributed by atoms with Gasteiger partial charge in [0.15, 0.2) is 0 Å². The molecule has 92 valence electrons. The van der Waals surface area contributed by atoms with E-state index in [0.29, 0.717) is 0 Å². The van der Waals surface area contributed by atoms with E-state index in [4.69, 9.17) is 9.79 Å². The highest BCUT2D eigenvalue weighted by atomic mass is 32.2. The van der Waals surface area contributed by atoms with Crippen LogP contribution in [0.3, 0.4) is 0 Å². The molecule has 0 aromatic carbocycles. The van der Waals surface area contributed by atoms with Gasteiger partial charge in [0.2, 0.25) is 0 Å². The molecule has 1 heterocycles. The zero-order chi connectivity index (χ0) is 12.0. The first-order chi connectivity index (χ1) is 7.58. The Balaban J connectivity index is 2.40. The molecule has 10 heteroatoms. The van der Waals surface area contributed by atoms with Gasteiger partial charge in [0, 0.05) is 15.2 Å². The Labute approximate surface area is 98.8 Å². The van der Waals surface area contributed by atoms with Crippen molar-refractivity contribution in [3.8, 4) is 0 Å². The summed E-state index contributed by atoms with van der Waals surface area (Å²) < 4.78 is 29.8. The molecule has 0 spiro atoms. The summed E-state index contributed by atoms with van der Waals surface area (Å²) in [5.41, 5.74) is 0. The van der Waals surface area contributed by atoms with Crippen molar-refractivity contribution >= 4 is 28.3 Å². The topological polar surface area (TPSA) is 105 Å². The minimum absolute atomic E-state index is 0.0659. The lowest BCUT2D eigenvalue weighted by Crippen LogP contribution is -2.41. The molecule has 1 aliphatic rings. The van der Waals surface area contributed by atoms with E-state index in [1.165, 1.54) is 0 Å². The van der Waals surface area contributed by atoms with Crippen molar-refractivity contribution < 1.29 is 28.0 Å². The Hall–Kier alpha value is 0.350. The van der Waals surface area contributed by atoms with Crippen LogP contribution in [0.2, 0.25) is 0 Å². The van der Waals surface area contributed by atoms with Gasteiger partial charge in [-0.2, -0.15) is 11.8 Å². The lowest BCUT2D eigenvalue weighted by molar-refractivity contribution is -0.0332. The summed E-state index contributed by atoms with van der Waals surface area (Å²) in [7, 11) is -5.76. The summed E-state index contributed by atoms with van der Waals surface area (Å²) in [6.07, 6.45) is 0.395. The third-order valence-electron chi connectivity index (χ3n) is 1.96. The van der Waals surface area contributed by atoms with Gasteiger partial charge in [-0.15, -0.1) is 9.79 Å². The highest BCUT2D eigenvalue weighted by Gasteiger charge is 2.34. The van der Waals surface area contributed by atoms with E-state index in [1.54, 1.807) is 0 Å². The molecule has 2 atom stereocenters. The standard InChI is InChI=1S/C6H11NO6P2S/c8-14(9)12-6(13-15(10)11)7-5-1-3-16-4-2-5/h5-7H,1-4H2/p+2. The molecule has 3 N–H and O–H groups in total.